The second-order valence-electron chi connectivity index (χ2n) is 5.27. The molecule has 0 aliphatic rings. The fourth-order valence-electron chi connectivity index (χ4n) is 1.73. The largest absolute Gasteiger partial charge is 0.391 e. The van der Waals surface area contributed by atoms with Gasteiger partial charge in [-0.2, -0.15) is 5.10 Å². The van der Waals surface area contributed by atoms with Crippen LogP contribution in [0.25, 0.3) is 0 Å². The molecule has 1 aromatic heterocycles. The maximum absolute atomic E-state index is 11.1. The molecule has 7 nitrogen and oxygen atoms in total. The van der Waals surface area contributed by atoms with Gasteiger partial charge in [-0.15, -0.1) is 0 Å². The van der Waals surface area contributed by atoms with Crippen LogP contribution in [-0.2, 0) is 0 Å². The van der Waals surface area contributed by atoms with Crippen molar-refractivity contribution < 1.29 is 10.0 Å². The van der Waals surface area contributed by atoms with Gasteiger partial charge in [0.2, 0.25) is 5.82 Å². The number of aromatic nitrogens is 2. The van der Waals surface area contributed by atoms with E-state index in [2.05, 4.69) is 10.4 Å². The van der Waals surface area contributed by atoms with E-state index in [1.807, 2.05) is 27.7 Å². The summed E-state index contributed by atoms with van der Waals surface area (Å²) in [6.07, 6.45) is -0.560. The van der Waals surface area contributed by atoms with E-state index in [-0.39, 0.29) is 24.2 Å². The lowest BCUT2D eigenvalue weighted by Gasteiger charge is -2.17. The van der Waals surface area contributed by atoms with Crippen molar-refractivity contribution in [2.45, 2.75) is 46.8 Å². The highest BCUT2D eigenvalue weighted by atomic mass is 16.6. The summed E-state index contributed by atoms with van der Waals surface area (Å²) < 4.78 is 1.58. The number of rotatable bonds is 6. The Morgan fingerprint density at radius 2 is 2.00 bits per heavy atom. The Hall–Kier alpha value is -1.63. The van der Waals surface area contributed by atoms with Gasteiger partial charge in [0.15, 0.2) is 0 Å². The minimum atomic E-state index is -0.560. The fourth-order valence-corrected chi connectivity index (χ4v) is 1.73. The van der Waals surface area contributed by atoms with E-state index >= 15 is 0 Å². The third-order valence-electron chi connectivity index (χ3n) is 2.97. The number of anilines is 1. The lowest BCUT2D eigenvalue weighted by molar-refractivity contribution is -0.384. The molecule has 1 heterocycles. The molecule has 1 atom stereocenters. The zero-order valence-corrected chi connectivity index (χ0v) is 12.0. The van der Waals surface area contributed by atoms with Crippen molar-refractivity contribution in [2.75, 3.05) is 11.9 Å². The first-order valence-corrected chi connectivity index (χ1v) is 6.41. The molecule has 0 amide bonds. The smallest absolute Gasteiger partial charge is 0.333 e. The number of nitro groups is 1. The Morgan fingerprint density at radius 1 is 1.42 bits per heavy atom. The molecule has 19 heavy (non-hydrogen) atoms. The van der Waals surface area contributed by atoms with Crippen LogP contribution in [0.15, 0.2) is 0 Å². The molecule has 0 radical (unpaired) electrons. The average molecular weight is 270 g/mol. The molecule has 0 aliphatic carbocycles. The monoisotopic (exact) mass is 270 g/mol. The second-order valence-corrected chi connectivity index (χ2v) is 5.27. The Kier molecular flexibility index (Phi) is 4.88. The number of nitrogens with one attached hydrogen (secondary N) is 1. The average Bonchev–Trinajstić information content (AvgIpc) is 2.62. The summed E-state index contributed by atoms with van der Waals surface area (Å²) in [7, 11) is 0. The van der Waals surface area contributed by atoms with Gasteiger partial charge in [0.1, 0.15) is 5.69 Å². The standard InChI is InChI=1S/C12H22N4O3/c1-7(2)10(17)6-13-12-11(16(18)19)9(5)14-15(12)8(3)4/h7-8,10,13,17H,6H2,1-5H3. The molecule has 0 bridgehead atoms. The summed E-state index contributed by atoms with van der Waals surface area (Å²) >= 11 is 0. The van der Waals surface area contributed by atoms with Gasteiger partial charge < -0.3 is 10.4 Å². The van der Waals surface area contributed by atoms with Crippen LogP contribution >= 0.6 is 0 Å². The molecule has 0 spiro atoms. The summed E-state index contributed by atoms with van der Waals surface area (Å²) in [4.78, 5) is 10.7. The number of nitrogens with zero attached hydrogens (tertiary/aromatic N) is 3. The Labute approximate surface area is 112 Å². The first-order chi connectivity index (χ1) is 8.75. The van der Waals surface area contributed by atoms with Crippen LogP contribution in [0.3, 0.4) is 0 Å². The van der Waals surface area contributed by atoms with Gasteiger partial charge in [0.25, 0.3) is 0 Å². The van der Waals surface area contributed by atoms with Crippen molar-refractivity contribution in [3.63, 3.8) is 0 Å². The summed E-state index contributed by atoms with van der Waals surface area (Å²) in [5, 5.41) is 28.0. The fraction of sp³-hybridized carbons (Fsp3) is 0.750. The molecule has 0 fully saturated rings. The van der Waals surface area contributed by atoms with Gasteiger partial charge in [0, 0.05) is 12.6 Å². The van der Waals surface area contributed by atoms with Crippen molar-refractivity contribution >= 4 is 11.5 Å². The molecule has 0 saturated heterocycles. The van der Waals surface area contributed by atoms with Crippen LogP contribution in [0.4, 0.5) is 11.5 Å². The molecule has 0 saturated carbocycles. The number of aliphatic hydroxyl groups is 1. The lowest BCUT2D eigenvalue weighted by Crippen LogP contribution is -2.26. The van der Waals surface area contributed by atoms with Gasteiger partial charge in [0.05, 0.1) is 11.0 Å². The number of aliphatic hydroxyl groups excluding tert-OH is 1. The Morgan fingerprint density at radius 3 is 2.42 bits per heavy atom. The molecule has 0 aromatic carbocycles. The van der Waals surface area contributed by atoms with E-state index in [0.29, 0.717) is 11.5 Å². The van der Waals surface area contributed by atoms with E-state index in [9.17, 15) is 15.2 Å². The highest BCUT2D eigenvalue weighted by Crippen LogP contribution is 2.30. The number of hydrogen-bond donors (Lipinski definition) is 2. The predicted octanol–water partition coefficient (Wildman–Crippen LogP) is 2.11. The third-order valence-corrected chi connectivity index (χ3v) is 2.97. The molecular formula is C12H22N4O3. The van der Waals surface area contributed by atoms with E-state index in [0.717, 1.165) is 0 Å². The van der Waals surface area contributed by atoms with Crippen LogP contribution in [-0.4, -0.2) is 32.5 Å². The summed E-state index contributed by atoms with van der Waals surface area (Å²) in [6, 6.07) is 0.00564. The van der Waals surface area contributed by atoms with Crippen LogP contribution in [0, 0.1) is 23.0 Å². The third kappa shape index (κ3) is 3.44. The van der Waals surface area contributed by atoms with Crippen LogP contribution in [0.1, 0.15) is 39.4 Å². The van der Waals surface area contributed by atoms with Crippen LogP contribution < -0.4 is 5.32 Å². The first kappa shape index (κ1) is 15.4. The summed E-state index contributed by atoms with van der Waals surface area (Å²) in [5.41, 5.74) is 0.352. The Balaban J connectivity index is 3.05. The van der Waals surface area contributed by atoms with Crippen LogP contribution in [0.5, 0.6) is 0 Å². The predicted molar refractivity (Wildman–Crippen MR) is 73.3 cm³/mol. The van der Waals surface area contributed by atoms with Crippen molar-refractivity contribution in [2.24, 2.45) is 5.92 Å². The molecule has 1 aromatic rings. The molecular weight excluding hydrogens is 248 g/mol. The lowest BCUT2D eigenvalue weighted by atomic mass is 10.1. The van der Waals surface area contributed by atoms with E-state index < -0.39 is 11.0 Å². The first-order valence-electron chi connectivity index (χ1n) is 6.41. The van der Waals surface area contributed by atoms with E-state index in [4.69, 9.17) is 0 Å². The maximum Gasteiger partial charge on any atom is 0.333 e. The zero-order chi connectivity index (χ0) is 14.7. The number of aryl methyl sites for hydroxylation is 1. The molecule has 1 unspecified atom stereocenters. The quantitative estimate of drug-likeness (QED) is 0.610. The number of hydrogen-bond acceptors (Lipinski definition) is 5. The SMILES string of the molecule is Cc1nn(C(C)C)c(NCC(O)C(C)C)c1[N+](=O)[O-]. The maximum atomic E-state index is 11.1. The minimum Gasteiger partial charge on any atom is -0.391 e. The molecule has 108 valence electrons. The van der Waals surface area contributed by atoms with E-state index in [1.54, 1.807) is 11.6 Å². The Bertz CT molecular complexity index is 454. The molecule has 2 N–H and O–H groups in total. The molecule has 7 heteroatoms. The normalized spacial score (nSPS) is 13.1. The van der Waals surface area contributed by atoms with Gasteiger partial charge in [-0.1, -0.05) is 13.8 Å². The van der Waals surface area contributed by atoms with E-state index in [1.165, 1.54) is 0 Å². The summed E-state index contributed by atoms with van der Waals surface area (Å²) in [5.74, 6) is 0.445. The molecule has 1 rings (SSSR count). The second kappa shape index (κ2) is 6.01. The van der Waals surface area contributed by atoms with Gasteiger partial charge in [-0.25, -0.2) is 4.68 Å². The minimum absolute atomic E-state index is 0.00564. The topological polar surface area (TPSA) is 93.2 Å². The zero-order valence-electron chi connectivity index (χ0n) is 12.0. The summed E-state index contributed by atoms with van der Waals surface area (Å²) in [6.45, 7) is 9.47. The van der Waals surface area contributed by atoms with Gasteiger partial charge >= 0.3 is 5.69 Å². The van der Waals surface area contributed by atoms with Crippen molar-refractivity contribution in [1.29, 1.82) is 0 Å². The highest BCUT2D eigenvalue weighted by Gasteiger charge is 2.26. The molecule has 0 aliphatic heterocycles. The van der Waals surface area contributed by atoms with Crippen molar-refractivity contribution in [1.82, 2.24) is 9.78 Å². The van der Waals surface area contributed by atoms with Crippen molar-refractivity contribution in [3.8, 4) is 0 Å². The van der Waals surface area contributed by atoms with Crippen molar-refractivity contribution in [3.05, 3.63) is 15.8 Å². The van der Waals surface area contributed by atoms with Gasteiger partial charge in [-0.05, 0) is 26.7 Å². The van der Waals surface area contributed by atoms with Crippen LogP contribution in [0.2, 0.25) is 0 Å². The highest BCUT2D eigenvalue weighted by molar-refractivity contribution is 5.59. The van der Waals surface area contributed by atoms with Gasteiger partial charge in [-0.3, -0.25) is 10.1 Å².